The molecular formula is C15H19NO3S. The van der Waals surface area contributed by atoms with Crippen molar-refractivity contribution in [2.45, 2.75) is 38.1 Å². The van der Waals surface area contributed by atoms with E-state index in [1.807, 2.05) is 6.07 Å². The predicted octanol–water partition coefficient (Wildman–Crippen LogP) is 1.02. The van der Waals surface area contributed by atoms with Gasteiger partial charge in [-0.1, -0.05) is 18.2 Å². The molecule has 1 saturated heterocycles. The van der Waals surface area contributed by atoms with Crippen molar-refractivity contribution in [3.63, 3.8) is 0 Å². The van der Waals surface area contributed by atoms with E-state index in [2.05, 4.69) is 17.4 Å². The number of rotatable bonds is 3. The molecule has 0 saturated carbocycles. The lowest BCUT2D eigenvalue weighted by Gasteiger charge is -2.11. The summed E-state index contributed by atoms with van der Waals surface area (Å²) in [4.78, 5) is 12.0. The Morgan fingerprint density at radius 3 is 2.80 bits per heavy atom. The summed E-state index contributed by atoms with van der Waals surface area (Å²) in [6, 6.07) is 6.04. The Morgan fingerprint density at radius 2 is 2.05 bits per heavy atom. The minimum Gasteiger partial charge on any atom is -0.352 e. The second kappa shape index (κ2) is 5.20. The molecule has 20 heavy (non-hydrogen) atoms. The fraction of sp³-hybridized carbons (Fsp3) is 0.533. The van der Waals surface area contributed by atoms with E-state index in [0.717, 1.165) is 18.4 Å². The Hall–Kier alpha value is -1.36. The number of benzene rings is 1. The first-order chi connectivity index (χ1) is 9.52. The summed E-state index contributed by atoms with van der Waals surface area (Å²) in [6.45, 7) is 0. The van der Waals surface area contributed by atoms with Crippen LogP contribution in [-0.4, -0.2) is 31.9 Å². The lowest BCUT2D eigenvalue weighted by Crippen LogP contribution is -2.36. The number of hydrogen-bond acceptors (Lipinski definition) is 3. The van der Waals surface area contributed by atoms with Gasteiger partial charge in [0.15, 0.2) is 9.84 Å². The molecule has 0 unspecified atom stereocenters. The van der Waals surface area contributed by atoms with Crippen molar-refractivity contribution >= 4 is 15.7 Å². The van der Waals surface area contributed by atoms with Crippen molar-refractivity contribution < 1.29 is 13.2 Å². The zero-order chi connectivity index (χ0) is 14.2. The zero-order valence-electron chi connectivity index (χ0n) is 11.4. The molecule has 0 radical (unpaired) electrons. The Bertz CT molecular complexity index is 637. The molecule has 0 spiro atoms. The maximum atomic E-state index is 12.0. The molecule has 1 fully saturated rings. The van der Waals surface area contributed by atoms with Gasteiger partial charge in [0, 0.05) is 6.04 Å². The summed E-state index contributed by atoms with van der Waals surface area (Å²) in [7, 11) is -2.94. The number of nitrogens with one attached hydrogen (secondary N) is 1. The summed E-state index contributed by atoms with van der Waals surface area (Å²) in [5, 5.41) is 2.83. The molecule has 5 heteroatoms. The molecule has 1 amide bonds. The van der Waals surface area contributed by atoms with Gasteiger partial charge in [-0.2, -0.15) is 0 Å². The standard InChI is InChI=1S/C15H19NO3S/c17-15(16-14-6-7-20(18,19)10-14)9-11-4-5-12-2-1-3-13(12)8-11/h4-5,8,14H,1-3,6-7,9-10H2,(H,16,17)/t14-/m1/s1. The molecule has 1 aliphatic heterocycles. The van der Waals surface area contributed by atoms with Crippen LogP contribution in [-0.2, 0) is 33.9 Å². The van der Waals surface area contributed by atoms with Gasteiger partial charge in [0.05, 0.1) is 17.9 Å². The van der Waals surface area contributed by atoms with Crippen molar-refractivity contribution in [1.29, 1.82) is 0 Å². The molecule has 3 rings (SSSR count). The van der Waals surface area contributed by atoms with Crippen LogP contribution in [0.2, 0.25) is 0 Å². The van der Waals surface area contributed by atoms with Gasteiger partial charge < -0.3 is 5.32 Å². The minimum absolute atomic E-state index is 0.0787. The number of hydrogen-bond donors (Lipinski definition) is 1. The molecule has 1 heterocycles. The Kier molecular flexibility index (Phi) is 3.54. The molecule has 1 atom stereocenters. The molecule has 1 aromatic carbocycles. The van der Waals surface area contributed by atoms with Crippen molar-refractivity contribution in [2.24, 2.45) is 0 Å². The van der Waals surface area contributed by atoms with E-state index in [1.54, 1.807) is 0 Å². The highest BCUT2D eigenvalue weighted by Crippen LogP contribution is 2.23. The van der Waals surface area contributed by atoms with Gasteiger partial charge >= 0.3 is 0 Å². The first-order valence-corrected chi connectivity index (χ1v) is 8.94. The maximum Gasteiger partial charge on any atom is 0.224 e. The molecule has 108 valence electrons. The number of carbonyl (C=O) groups excluding carboxylic acids is 1. The van der Waals surface area contributed by atoms with E-state index < -0.39 is 9.84 Å². The molecule has 2 aliphatic rings. The van der Waals surface area contributed by atoms with Gasteiger partial charge in [-0.25, -0.2) is 8.42 Å². The predicted molar refractivity (Wildman–Crippen MR) is 77.4 cm³/mol. The van der Waals surface area contributed by atoms with Crippen molar-refractivity contribution in [2.75, 3.05) is 11.5 Å². The number of aryl methyl sites for hydroxylation is 2. The van der Waals surface area contributed by atoms with Gasteiger partial charge in [0.25, 0.3) is 0 Å². The van der Waals surface area contributed by atoms with Crippen LogP contribution < -0.4 is 5.32 Å². The third-order valence-corrected chi connectivity index (χ3v) is 5.89. The molecular weight excluding hydrogens is 274 g/mol. The van der Waals surface area contributed by atoms with Crippen LogP contribution in [0.25, 0.3) is 0 Å². The molecule has 0 bridgehead atoms. The average Bonchev–Trinajstić information content (AvgIpc) is 2.95. The SMILES string of the molecule is O=C(Cc1ccc2c(c1)CCC2)N[C@@H]1CCS(=O)(=O)C1. The quantitative estimate of drug-likeness (QED) is 0.905. The average molecular weight is 293 g/mol. The topological polar surface area (TPSA) is 63.2 Å². The first kappa shape index (κ1) is 13.6. The minimum atomic E-state index is -2.94. The summed E-state index contributed by atoms with van der Waals surface area (Å²) >= 11 is 0. The lowest BCUT2D eigenvalue weighted by molar-refractivity contribution is -0.120. The number of sulfone groups is 1. The number of fused-ring (bicyclic) bond motifs is 1. The van der Waals surface area contributed by atoms with E-state index in [-0.39, 0.29) is 23.5 Å². The van der Waals surface area contributed by atoms with Crippen molar-refractivity contribution in [3.8, 4) is 0 Å². The highest BCUT2D eigenvalue weighted by molar-refractivity contribution is 7.91. The third kappa shape index (κ3) is 3.03. The maximum absolute atomic E-state index is 12.0. The first-order valence-electron chi connectivity index (χ1n) is 7.12. The van der Waals surface area contributed by atoms with E-state index in [4.69, 9.17) is 0 Å². The van der Waals surface area contributed by atoms with Gasteiger partial charge in [0.2, 0.25) is 5.91 Å². The van der Waals surface area contributed by atoms with E-state index in [0.29, 0.717) is 12.8 Å². The van der Waals surface area contributed by atoms with E-state index in [9.17, 15) is 13.2 Å². The van der Waals surface area contributed by atoms with Crippen LogP contribution in [0, 0.1) is 0 Å². The summed E-state index contributed by atoms with van der Waals surface area (Å²) in [5.41, 5.74) is 3.78. The normalized spacial score (nSPS) is 23.5. The van der Waals surface area contributed by atoms with Crippen LogP contribution in [0.5, 0.6) is 0 Å². The fourth-order valence-electron chi connectivity index (χ4n) is 3.11. The highest BCUT2D eigenvalue weighted by Gasteiger charge is 2.28. The number of carbonyl (C=O) groups is 1. The van der Waals surface area contributed by atoms with Crippen molar-refractivity contribution in [3.05, 3.63) is 34.9 Å². The van der Waals surface area contributed by atoms with Gasteiger partial charge in [-0.05, 0) is 42.4 Å². The Labute approximate surface area is 119 Å². The molecule has 1 aromatic rings. The summed E-state index contributed by atoms with van der Waals surface area (Å²) in [5.74, 6) is 0.199. The van der Waals surface area contributed by atoms with Gasteiger partial charge in [-0.15, -0.1) is 0 Å². The lowest BCUT2D eigenvalue weighted by atomic mass is 10.0. The van der Waals surface area contributed by atoms with Gasteiger partial charge in [-0.3, -0.25) is 4.79 Å². The monoisotopic (exact) mass is 293 g/mol. The number of amides is 1. The largest absolute Gasteiger partial charge is 0.352 e. The van der Waals surface area contributed by atoms with E-state index in [1.165, 1.54) is 17.5 Å². The van der Waals surface area contributed by atoms with Crippen LogP contribution in [0.1, 0.15) is 29.5 Å². The summed E-state index contributed by atoms with van der Waals surface area (Å²) < 4.78 is 22.7. The summed E-state index contributed by atoms with van der Waals surface area (Å²) in [6.07, 6.45) is 4.32. The molecule has 4 nitrogen and oxygen atoms in total. The van der Waals surface area contributed by atoms with Crippen LogP contribution in [0.3, 0.4) is 0 Å². The van der Waals surface area contributed by atoms with Gasteiger partial charge in [0.1, 0.15) is 0 Å². The molecule has 0 aromatic heterocycles. The van der Waals surface area contributed by atoms with Crippen LogP contribution in [0.4, 0.5) is 0 Å². The second-order valence-corrected chi connectivity index (χ2v) is 8.03. The smallest absolute Gasteiger partial charge is 0.224 e. The Morgan fingerprint density at radius 1 is 1.25 bits per heavy atom. The second-order valence-electron chi connectivity index (χ2n) is 5.80. The van der Waals surface area contributed by atoms with Crippen LogP contribution in [0.15, 0.2) is 18.2 Å². The zero-order valence-corrected chi connectivity index (χ0v) is 12.2. The fourth-order valence-corrected chi connectivity index (χ4v) is 4.78. The Balaban J connectivity index is 1.59. The highest BCUT2D eigenvalue weighted by atomic mass is 32.2. The van der Waals surface area contributed by atoms with E-state index >= 15 is 0 Å². The third-order valence-electron chi connectivity index (χ3n) is 4.13. The van der Waals surface area contributed by atoms with Crippen LogP contribution >= 0.6 is 0 Å². The molecule has 1 aliphatic carbocycles. The van der Waals surface area contributed by atoms with Crippen molar-refractivity contribution in [1.82, 2.24) is 5.32 Å². The molecule has 1 N–H and O–H groups in total.